The average Bonchev–Trinajstić information content (AvgIpc) is 3.28. The van der Waals surface area contributed by atoms with Crippen molar-refractivity contribution in [3.8, 4) is 22.5 Å². The molecule has 0 aliphatic rings. The first-order valence-electron chi connectivity index (χ1n) is 8.63. The lowest BCUT2D eigenvalue weighted by atomic mass is 10.1. The summed E-state index contributed by atoms with van der Waals surface area (Å²) in [5.41, 5.74) is 4.28. The van der Waals surface area contributed by atoms with Gasteiger partial charge < -0.3 is 5.32 Å². The number of halogens is 1. The van der Waals surface area contributed by atoms with Crippen LogP contribution in [-0.2, 0) is 7.05 Å². The fraction of sp³-hybridized carbons (Fsp3) is 0.0952. The van der Waals surface area contributed by atoms with Crippen molar-refractivity contribution in [1.29, 1.82) is 0 Å². The van der Waals surface area contributed by atoms with Crippen LogP contribution in [0.1, 0.15) is 15.5 Å². The predicted octanol–water partition coefficient (Wildman–Crippen LogP) is 4.91. The van der Waals surface area contributed by atoms with Gasteiger partial charge in [-0.2, -0.15) is 5.10 Å². The monoisotopic (exact) mass is 392 g/mol. The molecular weight excluding hydrogens is 375 g/mol. The van der Waals surface area contributed by atoms with E-state index in [-0.39, 0.29) is 11.7 Å². The third-order valence-corrected chi connectivity index (χ3v) is 5.06. The summed E-state index contributed by atoms with van der Waals surface area (Å²) >= 11 is 1.59. The van der Waals surface area contributed by atoms with Gasteiger partial charge in [0.25, 0.3) is 5.91 Å². The Balaban J connectivity index is 1.57. The normalized spacial score (nSPS) is 10.8. The van der Waals surface area contributed by atoms with Gasteiger partial charge in [0.1, 0.15) is 11.5 Å². The molecular formula is C21H17FN4OS. The summed E-state index contributed by atoms with van der Waals surface area (Å²) in [4.78, 5) is 17.2. The quantitative estimate of drug-likeness (QED) is 0.537. The number of thiazole rings is 1. The number of amides is 1. The van der Waals surface area contributed by atoms with Crippen LogP contribution in [0.25, 0.3) is 22.5 Å². The molecule has 0 saturated carbocycles. The number of rotatable bonds is 4. The highest BCUT2D eigenvalue weighted by Gasteiger charge is 2.15. The second-order valence-electron chi connectivity index (χ2n) is 6.33. The molecule has 2 aromatic heterocycles. The van der Waals surface area contributed by atoms with Gasteiger partial charge in [-0.25, -0.2) is 9.37 Å². The minimum Gasteiger partial charge on any atom is -0.321 e. The van der Waals surface area contributed by atoms with Crippen molar-refractivity contribution in [2.24, 2.45) is 7.05 Å². The zero-order chi connectivity index (χ0) is 19.7. The molecule has 0 unspecified atom stereocenters. The number of carbonyl (C=O) groups excluding carboxylic acids is 1. The van der Waals surface area contributed by atoms with E-state index in [1.54, 1.807) is 36.6 Å². The van der Waals surface area contributed by atoms with Crippen molar-refractivity contribution >= 4 is 22.9 Å². The molecule has 5 nitrogen and oxygen atoms in total. The van der Waals surface area contributed by atoms with E-state index >= 15 is 0 Å². The summed E-state index contributed by atoms with van der Waals surface area (Å²) < 4.78 is 14.6. The molecule has 0 aliphatic carbocycles. The van der Waals surface area contributed by atoms with E-state index in [9.17, 15) is 9.18 Å². The highest BCUT2D eigenvalue weighted by molar-refractivity contribution is 7.09. The maximum absolute atomic E-state index is 13.1. The van der Waals surface area contributed by atoms with Crippen LogP contribution < -0.4 is 5.32 Å². The lowest BCUT2D eigenvalue weighted by Crippen LogP contribution is -2.16. The Labute approximate surface area is 165 Å². The highest BCUT2D eigenvalue weighted by Crippen LogP contribution is 2.25. The van der Waals surface area contributed by atoms with E-state index in [0.717, 1.165) is 21.8 Å². The van der Waals surface area contributed by atoms with Crippen molar-refractivity contribution in [3.63, 3.8) is 0 Å². The molecule has 0 atom stereocenters. The van der Waals surface area contributed by atoms with Crippen LogP contribution in [0.15, 0.2) is 60.0 Å². The molecule has 4 rings (SSSR count). The minimum atomic E-state index is -0.312. The topological polar surface area (TPSA) is 59.8 Å². The molecule has 7 heteroatoms. The third kappa shape index (κ3) is 3.70. The average molecular weight is 392 g/mol. The fourth-order valence-electron chi connectivity index (χ4n) is 2.89. The molecule has 0 bridgehead atoms. The number of nitrogens with one attached hydrogen (secondary N) is 1. The first kappa shape index (κ1) is 18.1. The summed E-state index contributed by atoms with van der Waals surface area (Å²) in [6.07, 6.45) is 0. The molecule has 2 aromatic carbocycles. The molecule has 0 fully saturated rings. The van der Waals surface area contributed by atoms with Crippen molar-refractivity contribution in [2.75, 3.05) is 5.32 Å². The Morgan fingerprint density at radius 1 is 1.07 bits per heavy atom. The first-order valence-corrected chi connectivity index (χ1v) is 9.51. The summed E-state index contributed by atoms with van der Waals surface area (Å²) in [5.74, 6) is -0.581. The van der Waals surface area contributed by atoms with Crippen molar-refractivity contribution < 1.29 is 9.18 Å². The largest absolute Gasteiger partial charge is 0.321 e. The van der Waals surface area contributed by atoms with Gasteiger partial charge in [0, 0.05) is 29.2 Å². The SMILES string of the molecule is Cc1nc(-c2cccc(NC(=O)c3cc(-c4ccc(F)cc4)nn3C)c2)cs1. The Hall–Kier alpha value is -3.32. The second-order valence-corrected chi connectivity index (χ2v) is 7.39. The number of carbonyl (C=O) groups is 1. The van der Waals surface area contributed by atoms with E-state index < -0.39 is 0 Å². The van der Waals surface area contributed by atoms with Crippen molar-refractivity contribution in [1.82, 2.24) is 14.8 Å². The van der Waals surface area contributed by atoms with Crippen LogP contribution in [0.3, 0.4) is 0 Å². The number of aryl methyl sites for hydroxylation is 2. The molecule has 0 radical (unpaired) electrons. The molecule has 140 valence electrons. The standard InChI is InChI=1S/C21H17FN4OS/c1-13-23-19(12-28-13)15-4-3-5-17(10-15)24-21(27)20-11-18(25-26(20)2)14-6-8-16(22)9-7-14/h3-12H,1-2H3,(H,24,27). The molecule has 28 heavy (non-hydrogen) atoms. The minimum absolute atomic E-state index is 0.269. The molecule has 0 spiro atoms. The summed E-state index contributed by atoms with van der Waals surface area (Å²) in [5, 5.41) is 10.3. The van der Waals surface area contributed by atoms with Crippen LogP contribution >= 0.6 is 11.3 Å². The van der Waals surface area contributed by atoms with Crippen LogP contribution in [0, 0.1) is 12.7 Å². The Bertz CT molecular complexity index is 1150. The van der Waals surface area contributed by atoms with Gasteiger partial charge in [-0.05, 0) is 49.4 Å². The fourth-order valence-corrected chi connectivity index (χ4v) is 3.51. The zero-order valence-electron chi connectivity index (χ0n) is 15.3. The van der Waals surface area contributed by atoms with Crippen molar-refractivity contribution in [2.45, 2.75) is 6.92 Å². The van der Waals surface area contributed by atoms with Crippen LogP contribution in [0.5, 0.6) is 0 Å². The third-order valence-electron chi connectivity index (χ3n) is 4.29. The van der Waals surface area contributed by atoms with E-state index in [0.29, 0.717) is 17.1 Å². The molecule has 2 heterocycles. The summed E-state index contributed by atoms with van der Waals surface area (Å²) in [6.45, 7) is 1.96. The second kappa shape index (κ2) is 7.36. The number of hydrogen-bond acceptors (Lipinski definition) is 4. The van der Waals surface area contributed by atoms with E-state index in [4.69, 9.17) is 0 Å². The number of anilines is 1. The van der Waals surface area contributed by atoms with E-state index in [1.807, 2.05) is 36.6 Å². The van der Waals surface area contributed by atoms with Gasteiger partial charge >= 0.3 is 0 Å². The van der Waals surface area contributed by atoms with Crippen LogP contribution in [0.4, 0.5) is 10.1 Å². The van der Waals surface area contributed by atoms with Crippen molar-refractivity contribution in [3.05, 3.63) is 76.5 Å². The molecule has 0 saturated heterocycles. The van der Waals surface area contributed by atoms with Crippen LogP contribution in [0.2, 0.25) is 0 Å². The van der Waals surface area contributed by atoms with Gasteiger partial charge in [-0.3, -0.25) is 9.48 Å². The van der Waals surface area contributed by atoms with Gasteiger partial charge in [0.2, 0.25) is 0 Å². The number of aromatic nitrogens is 3. The molecule has 1 N–H and O–H groups in total. The molecule has 0 aliphatic heterocycles. The van der Waals surface area contributed by atoms with Gasteiger partial charge in [-0.1, -0.05) is 12.1 Å². The van der Waals surface area contributed by atoms with Crippen LogP contribution in [-0.4, -0.2) is 20.7 Å². The summed E-state index contributed by atoms with van der Waals surface area (Å²) in [6, 6.07) is 15.3. The Morgan fingerprint density at radius 3 is 2.57 bits per heavy atom. The summed E-state index contributed by atoms with van der Waals surface area (Å²) in [7, 11) is 1.70. The smallest absolute Gasteiger partial charge is 0.273 e. The van der Waals surface area contributed by atoms with E-state index in [1.165, 1.54) is 16.8 Å². The van der Waals surface area contributed by atoms with Gasteiger partial charge in [0.05, 0.1) is 16.4 Å². The zero-order valence-corrected chi connectivity index (χ0v) is 16.1. The van der Waals surface area contributed by atoms with Gasteiger partial charge in [0.15, 0.2) is 0 Å². The molecule has 1 amide bonds. The maximum Gasteiger partial charge on any atom is 0.273 e. The number of benzene rings is 2. The first-order chi connectivity index (χ1) is 13.5. The predicted molar refractivity (Wildman–Crippen MR) is 109 cm³/mol. The Morgan fingerprint density at radius 2 is 1.86 bits per heavy atom. The maximum atomic E-state index is 13.1. The lowest BCUT2D eigenvalue weighted by Gasteiger charge is -2.06. The number of hydrogen-bond donors (Lipinski definition) is 1. The van der Waals surface area contributed by atoms with Gasteiger partial charge in [-0.15, -0.1) is 11.3 Å². The Kier molecular flexibility index (Phi) is 4.75. The lowest BCUT2D eigenvalue weighted by molar-refractivity contribution is 0.101. The number of nitrogens with zero attached hydrogens (tertiary/aromatic N) is 3. The highest BCUT2D eigenvalue weighted by atomic mass is 32.1. The van der Waals surface area contributed by atoms with E-state index in [2.05, 4.69) is 15.4 Å². The molecule has 4 aromatic rings.